The van der Waals surface area contributed by atoms with Crippen molar-refractivity contribution in [1.29, 1.82) is 0 Å². The van der Waals surface area contributed by atoms with Crippen LogP contribution in [0, 0.1) is 3.57 Å². The Morgan fingerprint density at radius 1 is 1.46 bits per heavy atom. The molecule has 13 heavy (non-hydrogen) atoms. The van der Waals surface area contributed by atoms with Gasteiger partial charge in [0.05, 0.1) is 5.75 Å². The molecule has 0 radical (unpaired) electrons. The molecule has 0 spiro atoms. The summed E-state index contributed by atoms with van der Waals surface area (Å²) in [5, 5.41) is 5.50. The van der Waals surface area contributed by atoms with E-state index in [4.69, 9.17) is 16.7 Å². The lowest BCUT2D eigenvalue weighted by molar-refractivity contribution is 0.597. The van der Waals surface area contributed by atoms with Crippen LogP contribution in [-0.4, -0.2) is 8.42 Å². The summed E-state index contributed by atoms with van der Waals surface area (Å²) in [5.74, 6) is -0.150. The third kappa shape index (κ3) is 3.80. The van der Waals surface area contributed by atoms with Gasteiger partial charge in [0.2, 0.25) is 10.0 Å². The van der Waals surface area contributed by atoms with Crippen molar-refractivity contribution in [2.24, 2.45) is 5.14 Å². The topological polar surface area (TPSA) is 60.2 Å². The van der Waals surface area contributed by atoms with E-state index in [1.165, 1.54) is 0 Å². The van der Waals surface area contributed by atoms with E-state index in [9.17, 15) is 8.42 Å². The van der Waals surface area contributed by atoms with Crippen molar-refractivity contribution in [1.82, 2.24) is 0 Å². The van der Waals surface area contributed by atoms with Gasteiger partial charge >= 0.3 is 0 Å². The van der Waals surface area contributed by atoms with Crippen LogP contribution in [0.2, 0.25) is 5.02 Å². The van der Waals surface area contributed by atoms with Gasteiger partial charge in [-0.1, -0.05) is 17.7 Å². The standard InChI is InChI=1S/C7H7ClINO2S/c8-6-2-1-5(7(9)3-6)4-13(10,11)12/h1-3H,4H2,(H2,10,11,12). The molecule has 0 aliphatic heterocycles. The Balaban J connectivity index is 3.04. The highest BCUT2D eigenvalue weighted by atomic mass is 127. The molecular formula is C7H7ClINO2S. The first-order chi connectivity index (χ1) is 5.88. The quantitative estimate of drug-likeness (QED) is 0.839. The Labute approximate surface area is 95.5 Å². The van der Waals surface area contributed by atoms with Crippen molar-refractivity contribution < 1.29 is 8.42 Å². The van der Waals surface area contributed by atoms with Crippen LogP contribution in [0.4, 0.5) is 0 Å². The largest absolute Gasteiger partial charge is 0.228 e. The molecule has 0 aromatic heterocycles. The summed E-state index contributed by atoms with van der Waals surface area (Å²) in [6, 6.07) is 5.00. The van der Waals surface area contributed by atoms with Gasteiger partial charge < -0.3 is 0 Å². The Kier molecular flexibility index (Phi) is 3.56. The van der Waals surface area contributed by atoms with E-state index in [0.29, 0.717) is 10.6 Å². The van der Waals surface area contributed by atoms with Gasteiger partial charge in [-0.2, -0.15) is 0 Å². The SMILES string of the molecule is NS(=O)(=O)Cc1ccc(Cl)cc1I. The molecule has 0 saturated carbocycles. The zero-order chi connectivity index (χ0) is 10.1. The van der Waals surface area contributed by atoms with Gasteiger partial charge in [-0.05, 0) is 40.3 Å². The fourth-order valence-electron chi connectivity index (χ4n) is 0.855. The first kappa shape index (κ1) is 11.2. The lowest BCUT2D eigenvalue weighted by Crippen LogP contribution is -2.15. The summed E-state index contributed by atoms with van der Waals surface area (Å²) in [5.41, 5.74) is 0.674. The zero-order valence-electron chi connectivity index (χ0n) is 6.50. The number of benzene rings is 1. The molecule has 0 saturated heterocycles. The van der Waals surface area contributed by atoms with E-state index in [1.807, 2.05) is 22.6 Å². The molecule has 1 aromatic rings. The van der Waals surface area contributed by atoms with Crippen molar-refractivity contribution in [3.05, 3.63) is 32.4 Å². The average molecular weight is 332 g/mol. The molecule has 0 bridgehead atoms. The maximum Gasteiger partial charge on any atom is 0.213 e. The molecule has 0 amide bonds. The second-order valence-corrected chi connectivity index (χ2v) is 5.76. The predicted molar refractivity (Wildman–Crippen MR) is 61.0 cm³/mol. The molecule has 2 N–H and O–H groups in total. The zero-order valence-corrected chi connectivity index (χ0v) is 10.2. The summed E-state index contributed by atoms with van der Waals surface area (Å²) in [4.78, 5) is 0. The second kappa shape index (κ2) is 4.12. The van der Waals surface area contributed by atoms with Crippen LogP contribution >= 0.6 is 34.2 Å². The van der Waals surface area contributed by atoms with Gasteiger partial charge in [-0.3, -0.25) is 0 Å². The van der Waals surface area contributed by atoms with Gasteiger partial charge in [0.25, 0.3) is 0 Å². The molecule has 0 atom stereocenters. The van der Waals surface area contributed by atoms with E-state index in [1.54, 1.807) is 18.2 Å². The number of rotatable bonds is 2. The van der Waals surface area contributed by atoms with Gasteiger partial charge in [0.15, 0.2) is 0 Å². The molecule has 1 rings (SSSR count). The van der Waals surface area contributed by atoms with E-state index in [-0.39, 0.29) is 5.75 Å². The van der Waals surface area contributed by atoms with Gasteiger partial charge in [-0.25, -0.2) is 13.6 Å². The Morgan fingerprint density at radius 3 is 2.54 bits per heavy atom. The summed E-state index contributed by atoms with van der Waals surface area (Å²) in [6.07, 6.45) is 0. The summed E-state index contributed by atoms with van der Waals surface area (Å²) < 4.78 is 22.4. The first-order valence-electron chi connectivity index (χ1n) is 3.33. The minimum absolute atomic E-state index is 0.150. The van der Waals surface area contributed by atoms with Crippen LogP contribution in [0.3, 0.4) is 0 Å². The van der Waals surface area contributed by atoms with Crippen LogP contribution in [0.15, 0.2) is 18.2 Å². The number of sulfonamides is 1. The molecule has 1 aromatic carbocycles. The van der Waals surface area contributed by atoms with Crippen molar-refractivity contribution in [2.45, 2.75) is 5.75 Å². The minimum Gasteiger partial charge on any atom is -0.228 e. The molecule has 3 nitrogen and oxygen atoms in total. The summed E-state index contributed by atoms with van der Waals surface area (Å²) in [7, 11) is -3.46. The maximum absolute atomic E-state index is 10.8. The Hall–Kier alpha value is 0.150. The number of hydrogen-bond donors (Lipinski definition) is 1. The van der Waals surface area contributed by atoms with Gasteiger partial charge in [0.1, 0.15) is 0 Å². The highest BCUT2D eigenvalue weighted by Crippen LogP contribution is 2.19. The smallest absolute Gasteiger partial charge is 0.213 e. The summed E-state index contributed by atoms with van der Waals surface area (Å²) >= 11 is 7.72. The van der Waals surface area contributed by atoms with Gasteiger partial charge in [-0.15, -0.1) is 0 Å². The molecular weight excluding hydrogens is 325 g/mol. The minimum atomic E-state index is -3.46. The van der Waals surface area contributed by atoms with Crippen LogP contribution in [0.25, 0.3) is 0 Å². The summed E-state index contributed by atoms with van der Waals surface area (Å²) in [6.45, 7) is 0. The van der Waals surface area contributed by atoms with E-state index in [0.717, 1.165) is 3.57 Å². The highest BCUT2D eigenvalue weighted by molar-refractivity contribution is 14.1. The molecule has 0 aliphatic carbocycles. The molecule has 0 fully saturated rings. The van der Waals surface area contributed by atoms with Crippen molar-refractivity contribution in [3.8, 4) is 0 Å². The van der Waals surface area contributed by atoms with Crippen molar-refractivity contribution in [3.63, 3.8) is 0 Å². The Morgan fingerprint density at radius 2 is 2.08 bits per heavy atom. The maximum atomic E-state index is 10.8. The number of halogens is 2. The first-order valence-corrected chi connectivity index (χ1v) is 6.50. The molecule has 0 unspecified atom stereocenters. The van der Waals surface area contributed by atoms with Crippen LogP contribution in [0.1, 0.15) is 5.56 Å². The molecule has 72 valence electrons. The third-order valence-corrected chi connectivity index (χ3v) is 3.32. The number of primary sulfonamides is 1. The lowest BCUT2D eigenvalue weighted by atomic mass is 10.2. The van der Waals surface area contributed by atoms with Gasteiger partial charge in [0, 0.05) is 8.59 Å². The molecule has 0 heterocycles. The highest BCUT2D eigenvalue weighted by Gasteiger charge is 2.08. The van der Waals surface area contributed by atoms with Crippen LogP contribution in [-0.2, 0) is 15.8 Å². The van der Waals surface area contributed by atoms with E-state index in [2.05, 4.69) is 0 Å². The fourth-order valence-corrected chi connectivity index (χ4v) is 2.86. The van der Waals surface area contributed by atoms with Crippen LogP contribution in [0.5, 0.6) is 0 Å². The van der Waals surface area contributed by atoms with E-state index < -0.39 is 10.0 Å². The normalized spacial score (nSPS) is 11.6. The number of hydrogen-bond acceptors (Lipinski definition) is 2. The lowest BCUT2D eigenvalue weighted by Gasteiger charge is -2.02. The van der Waals surface area contributed by atoms with Crippen molar-refractivity contribution in [2.75, 3.05) is 0 Å². The van der Waals surface area contributed by atoms with Crippen LogP contribution < -0.4 is 5.14 Å². The van der Waals surface area contributed by atoms with E-state index >= 15 is 0 Å². The van der Waals surface area contributed by atoms with Crippen molar-refractivity contribution >= 4 is 44.2 Å². The monoisotopic (exact) mass is 331 g/mol. The Bertz CT molecular complexity index is 419. The second-order valence-electron chi connectivity index (χ2n) is 2.54. The third-order valence-electron chi connectivity index (χ3n) is 1.37. The number of nitrogens with two attached hydrogens (primary N) is 1. The average Bonchev–Trinajstić information content (AvgIpc) is 1.93. The molecule has 0 aliphatic rings. The predicted octanol–water partition coefficient (Wildman–Crippen LogP) is 1.73. The molecule has 6 heteroatoms. The fraction of sp³-hybridized carbons (Fsp3) is 0.143.